The van der Waals surface area contributed by atoms with Crippen molar-refractivity contribution in [1.29, 1.82) is 0 Å². The van der Waals surface area contributed by atoms with Crippen molar-refractivity contribution < 1.29 is 0 Å². The summed E-state index contributed by atoms with van der Waals surface area (Å²) in [4.78, 5) is 0.886. The summed E-state index contributed by atoms with van der Waals surface area (Å²) < 4.78 is 0.997. The molecule has 1 aliphatic carbocycles. The zero-order chi connectivity index (χ0) is 7.56. The van der Waals surface area contributed by atoms with E-state index < -0.39 is 0 Å². The van der Waals surface area contributed by atoms with E-state index in [2.05, 4.69) is 28.6 Å². The van der Waals surface area contributed by atoms with Gasteiger partial charge in [0.25, 0.3) is 0 Å². The van der Waals surface area contributed by atoms with E-state index in [4.69, 9.17) is 11.6 Å². The predicted octanol–water partition coefficient (Wildman–Crippen LogP) is 3.26. The number of hydrogen-bond acceptors (Lipinski definition) is 1. The third kappa shape index (κ3) is 2.52. The first-order valence-electron chi connectivity index (χ1n) is 2.79. The maximum Gasteiger partial charge on any atom is 0.0713 e. The van der Waals surface area contributed by atoms with Crippen LogP contribution in [0, 0.1) is 0 Å². The molecular formula is C7H6BrClS. The Balaban J connectivity index is 2.88. The van der Waals surface area contributed by atoms with Gasteiger partial charge in [0, 0.05) is 9.39 Å². The van der Waals surface area contributed by atoms with Gasteiger partial charge in [0.15, 0.2) is 0 Å². The molecule has 0 aromatic carbocycles. The smallest absolute Gasteiger partial charge is 0.0713 e. The van der Waals surface area contributed by atoms with Crippen molar-refractivity contribution in [3.8, 4) is 0 Å². The van der Waals surface area contributed by atoms with Crippen molar-refractivity contribution in [3.05, 3.63) is 33.7 Å². The fourth-order valence-corrected chi connectivity index (χ4v) is 1.81. The van der Waals surface area contributed by atoms with Gasteiger partial charge in [-0.15, -0.1) is 24.2 Å². The molecule has 0 saturated carbocycles. The number of allylic oxidation sites excluding steroid dienone is 5. The van der Waals surface area contributed by atoms with E-state index >= 15 is 0 Å². The van der Waals surface area contributed by atoms with Crippen molar-refractivity contribution in [2.75, 3.05) is 0 Å². The summed E-state index contributed by atoms with van der Waals surface area (Å²) >= 11 is 13.3. The molecule has 0 N–H and O–H groups in total. The van der Waals surface area contributed by atoms with Gasteiger partial charge in [0.05, 0.1) is 5.38 Å². The summed E-state index contributed by atoms with van der Waals surface area (Å²) in [6, 6.07) is 0. The van der Waals surface area contributed by atoms with E-state index in [1.54, 1.807) is 0 Å². The van der Waals surface area contributed by atoms with Gasteiger partial charge in [0.1, 0.15) is 0 Å². The van der Waals surface area contributed by atoms with Crippen LogP contribution in [0.15, 0.2) is 33.7 Å². The SMILES string of the molecule is SC1=CC(Cl)C=CC(Br)=C1. The second kappa shape index (κ2) is 3.65. The summed E-state index contributed by atoms with van der Waals surface area (Å²) in [5, 5.41) is -0.0428. The lowest BCUT2D eigenvalue weighted by Gasteiger charge is -1.91. The van der Waals surface area contributed by atoms with E-state index in [0.717, 1.165) is 9.39 Å². The molecule has 3 heteroatoms. The highest BCUT2D eigenvalue weighted by atomic mass is 79.9. The lowest BCUT2D eigenvalue weighted by Crippen LogP contribution is -1.83. The molecule has 0 aliphatic heterocycles. The Labute approximate surface area is 79.2 Å². The van der Waals surface area contributed by atoms with Gasteiger partial charge in [-0.2, -0.15) is 0 Å². The zero-order valence-electron chi connectivity index (χ0n) is 5.09. The Morgan fingerprint density at radius 3 is 3.00 bits per heavy atom. The molecular weight excluding hydrogens is 232 g/mol. The van der Waals surface area contributed by atoms with Crippen LogP contribution >= 0.6 is 40.2 Å². The number of alkyl halides is 1. The van der Waals surface area contributed by atoms with Crippen molar-refractivity contribution in [2.45, 2.75) is 5.38 Å². The first-order chi connectivity index (χ1) is 4.68. The van der Waals surface area contributed by atoms with Crippen LogP contribution in [0.2, 0.25) is 0 Å². The Morgan fingerprint density at radius 1 is 1.60 bits per heavy atom. The van der Waals surface area contributed by atoms with Gasteiger partial charge in [0.2, 0.25) is 0 Å². The molecule has 1 unspecified atom stereocenters. The first kappa shape index (κ1) is 8.44. The molecule has 54 valence electrons. The maximum atomic E-state index is 5.82. The molecule has 0 spiro atoms. The van der Waals surface area contributed by atoms with Crippen LogP contribution < -0.4 is 0 Å². The second-order valence-corrected chi connectivity index (χ2v) is 3.86. The summed E-state index contributed by atoms with van der Waals surface area (Å²) in [7, 11) is 0. The molecule has 1 aliphatic rings. The van der Waals surface area contributed by atoms with Gasteiger partial charge in [-0.25, -0.2) is 0 Å². The summed E-state index contributed by atoms with van der Waals surface area (Å²) in [6.07, 6.45) is 7.58. The standard InChI is InChI=1S/C7H6BrClS/c8-5-1-2-6(9)4-7(10)3-5/h1-4,6,10H. The second-order valence-electron chi connectivity index (χ2n) is 1.92. The Bertz CT molecular complexity index is 218. The van der Waals surface area contributed by atoms with E-state index in [1.165, 1.54) is 0 Å². The molecule has 0 amide bonds. The van der Waals surface area contributed by atoms with E-state index in [9.17, 15) is 0 Å². The third-order valence-electron chi connectivity index (χ3n) is 1.06. The van der Waals surface area contributed by atoms with Crippen LogP contribution in [0.5, 0.6) is 0 Å². The Morgan fingerprint density at radius 2 is 2.30 bits per heavy atom. The van der Waals surface area contributed by atoms with Crippen molar-refractivity contribution in [2.24, 2.45) is 0 Å². The summed E-state index contributed by atoms with van der Waals surface area (Å²) in [5.41, 5.74) is 0. The van der Waals surface area contributed by atoms with E-state index in [-0.39, 0.29) is 5.38 Å². The molecule has 0 nitrogen and oxygen atoms in total. The summed E-state index contributed by atoms with van der Waals surface area (Å²) in [5.74, 6) is 0. The average molecular weight is 238 g/mol. The quantitative estimate of drug-likeness (QED) is 0.485. The van der Waals surface area contributed by atoms with Crippen LogP contribution in [0.3, 0.4) is 0 Å². The monoisotopic (exact) mass is 236 g/mol. The van der Waals surface area contributed by atoms with E-state index in [0.29, 0.717) is 0 Å². The fraction of sp³-hybridized carbons (Fsp3) is 0.143. The molecule has 0 aromatic heterocycles. The number of hydrogen-bond donors (Lipinski definition) is 1. The lowest BCUT2D eigenvalue weighted by molar-refractivity contribution is 1.40. The van der Waals surface area contributed by atoms with E-state index in [1.807, 2.05) is 24.3 Å². The van der Waals surface area contributed by atoms with Crippen LogP contribution in [0.1, 0.15) is 0 Å². The molecule has 0 heterocycles. The van der Waals surface area contributed by atoms with Crippen LogP contribution in [-0.4, -0.2) is 5.38 Å². The molecule has 0 fully saturated rings. The Kier molecular flexibility index (Phi) is 3.08. The fourth-order valence-electron chi connectivity index (χ4n) is 0.640. The minimum Gasteiger partial charge on any atom is -0.144 e. The van der Waals surface area contributed by atoms with Gasteiger partial charge in [-0.1, -0.05) is 28.1 Å². The van der Waals surface area contributed by atoms with Gasteiger partial charge in [-0.3, -0.25) is 0 Å². The molecule has 0 bridgehead atoms. The normalized spacial score (nSPS) is 25.3. The maximum absolute atomic E-state index is 5.82. The number of thiol groups is 1. The molecule has 1 rings (SSSR count). The van der Waals surface area contributed by atoms with Gasteiger partial charge >= 0.3 is 0 Å². The minimum atomic E-state index is -0.0428. The largest absolute Gasteiger partial charge is 0.144 e. The van der Waals surface area contributed by atoms with Crippen molar-refractivity contribution in [3.63, 3.8) is 0 Å². The average Bonchev–Trinajstić information content (AvgIpc) is 1.93. The highest BCUT2D eigenvalue weighted by Crippen LogP contribution is 2.20. The number of halogens is 2. The van der Waals surface area contributed by atoms with Crippen LogP contribution in [0.25, 0.3) is 0 Å². The Hall–Kier alpha value is 0.340. The van der Waals surface area contributed by atoms with Gasteiger partial charge < -0.3 is 0 Å². The number of rotatable bonds is 0. The topological polar surface area (TPSA) is 0 Å². The molecule has 0 aromatic rings. The van der Waals surface area contributed by atoms with Crippen LogP contribution in [-0.2, 0) is 0 Å². The summed E-state index contributed by atoms with van der Waals surface area (Å²) in [6.45, 7) is 0. The third-order valence-corrected chi connectivity index (χ3v) is 2.10. The van der Waals surface area contributed by atoms with Gasteiger partial charge in [-0.05, 0) is 12.2 Å². The molecule has 0 saturated heterocycles. The highest BCUT2D eigenvalue weighted by molar-refractivity contribution is 9.11. The highest BCUT2D eigenvalue weighted by Gasteiger charge is 1.99. The molecule has 1 atom stereocenters. The predicted molar refractivity (Wildman–Crippen MR) is 52.9 cm³/mol. The molecule has 0 radical (unpaired) electrons. The first-order valence-corrected chi connectivity index (χ1v) is 4.46. The van der Waals surface area contributed by atoms with Crippen molar-refractivity contribution >= 4 is 40.2 Å². The van der Waals surface area contributed by atoms with Crippen molar-refractivity contribution in [1.82, 2.24) is 0 Å². The minimum absolute atomic E-state index is 0.0428. The molecule has 10 heavy (non-hydrogen) atoms. The lowest BCUT2D eigenvalue weighted by atomic mass is 10.4. The van der Waals surface area contributed by atoms with Crippen LogP contribution in [0.4, 0.5) is 0 Å². The zero-order valence-corrected chi connectivity index (χ0v) is 8.33.